The molecule has 2 aromatic rings. The predicted octanol–water partition coefficient (Wildman–Crippen LogP) is 3.17. The van der Waals surface area contributed by atoms with E-state index in [1.165, 1.54) is 12.1 Å². The zero-order valence-electron chi connectivity index (χ0n) is 10.6. The predicted molar refractivity (Wildman–Crippen MR) is 75.2 cm³/mol. The van der Waals surface area contributed by atoms with Gasteiger partial charge < -0.3 is 10.1 Å². The van der Waals surface area contributed by atoms with Crippen molar-refractivity contribution < 1.29 is 13.9 Å². The van der Waals surface area contributed by atoms with Crippen LogP contribution < -0.4 is 10.1 Å². The summed E-state index contributed by atoms with van der Waals surface area (Å²) in [5.41, 5.74) is 0.813. The van der Waals surface area contributed by atoms with Crippen molar-refractivity contribution in [2.75, 3.05) is 6.61 Å². The number of hydrogen-bond acceptors (Lipinski definition) is 2. The van der Waals surface area contributed by atoms with E-state index in [1.54, 1.807) is 18.2 Å². The summed E-state index contributed by atoms with van der Waals surface area (Å²) in [5, 5.41) is 3.24. The smallest absolute Gasteiger partial charge is 0.258 e. The highest BCUT2D eigenvalue weighted by Gasteiger charge is 2.07. The molecule has 2 aromatic carbocycles. The Kier molecular flexibility index (Phi) is 4.96. The normalized spacial score (nSPS) is 10.1. The average molecular weight is 294 g/mol. The largest absolute Gasteiger partial charge is 0.481 e. The third-order valence-electron chi connectivity index (χ3n) is 2.63. The Morgan fingerprint density at radius 1 is 1.15 bits per heavy atom. The van der Waals surface area contributed by atoms with Crippen LogP contribution in [0.4, 0.5) is 4.39 Å². The van der Waals surface area contributed by atoms with Gasteiger partial charge in [-0.25, -0.2) is 4.39 Å². The van der Waals surface area contributed by atoms with Crippen molar-refractivity contribution in [3.8, 4) is 5.75 Å². The quantitative estimate of drug-likeness (QED) is 0.919. The van der Waals surface area contributed by atoms with Crippen LogP contribution in [-0.4, -0.2) is 12.5 Å². The zero-order valence-corrected chi connectivity index (χ0v) is 11.4. The maximum atomic E-state index is 13.3. The van der Waals surface area contributed by atoms with Gasteiger partial charge in [0.2, 0.25) is 0 Å². The summed E-state index contributed by atoms with van der Waals surface area (Å²) in [7, 11) is 0. The molecule has 2 rings (SSSR count). The van der Waals surface area contributed by atoms with Crippen LogP contribution in [0.2, 0.25) is 5.02 Å². The molecule has 0 aromatic heterocycles. The molecule has 104 valence electrons. The van der Waals surface area contributed by atoms with Crippen LogP contribution in [0.5, 0.6) is 5.75 Å². The highest BCUT2D eigenvalue weighted by atomic mass is 35.5. The lowest BCUT2D eigenvalue weighted by Gasteiger charge is -2.09. The number of halogens is 2. The second-order valence-corrected chi connectivity index (χ2v) is 4.49. The van der Waals surface area contributed by atoms with Gasteiger partial charge in [-0.1, -0.05) is 41.9 Å². The third kappa shape index (κ3) is 3.96. The molecular formula is C15H13ClFNO2. The maximum Gasteiger partial charge on any atom is 0.258 e. The lowest BCUT2D eigenvalue weighted by atomic mass is 10.2. The number of carbonyl (C=O) groups is 1. The second-order valence-electron chi connectivity index (χ2n) is 4.09. The molecule has 0 saturated heterocycles. The number of nitrogens with one attached hydrogen (secondary N) is 1. The summed E-state index contributed by atoms with van der Waals surface area (Å²) in [6.07, 6.45) is 0. The van der Waals surface area contributed by atoms with Gasteiger partial charge in [-0.15, -0.1) is 0 Å². The van der Waals surface area contributed by atoms with Crippen LogP contribution in [0.25, 0.3) is 0 Å². The molecule has 3 nitrogen and oxygen atoms in total. The molecule has 0 unspecified atom stereocenters. The molecule has 0 aliphatic carbocycles. The molecule has 0 fully saturated rings. The van der Waals surface area contributed by atoms with Crippen molar-refractivity contribution in [2.45, 2.75) is 6.54 Å². The molecule has 0 radical (unpaired) electrons. The van der Waals surface area contributed by atoms with Crippen LogP contribution in [0.15, 0.2) is 48.5 Å². The van der Waals surface area contributed by atoms with E-state index in [1.807, 2.05) is 18.2 Å². The van der Waals surface area contributed by atoms with Crippen molar-refractivity contribution in [3.63, 3.8) is 0 Å². The number of hydrogen-bond donors (Lipinski definition) is 1. The highest BCUT2D eigenvalue weighted by molar-refractivity contribution is 6.31. The fourth-order valence-electron chi connectivity index (χ4n) is 1.59. The van der Waals surface area contributed by atoms with Crippen molar-refractivity contribution in [2.24, 2.45) is 0 Å². The number of carbonyl (C=O) groups excluding carboxylic acids is 1. The first kappa shape index (κ1) is 14.3. The molecule has 0 aliphatic heterocycles. The molecule has 0 heterocycles. The average Bonchev–Trinajstić information content (AvgIpc) is 2.45. The van der Waals surface area contributed by atoms with Gasteiger partial charge in [0, 0.05) is 11.6 Å². The van der Waals surface area contributed by atoms with Crippen LogP contribution in [0.3, 0.4) is 0 Å². The molecule has 1 amide bonds. The van der Waals surface area contributed by atoms with Crippen molar-refractivity contribution in [3.05, 3.63) is 64.9 Å². The Labute approximate surface area is 121 Å². The van der Waals surface area contributed by atoms with E-state index in [0.717, 1.165) is 5.56 Å². The zero-order chi connectivity index (χ0) is 14.4. The lowest BCUT2D eigenvalue weighted by Crippen LogP contribution is -2.28. The maximum absolute atomic E-state index is 13.3. The first-order chi connectivity index (χ1) is 9.66. The van der Waals surface area contributed by atoms with Crippen molar-refractivity contribution in [1.29, 1.82) is 0 Å². The van der Waals surface area contributed by atoms with E-state index in [2.05, 4.69) is 5.32 Å². The minimum atomic E-state index is -0.494. The van der Waals surface area contributed by atoms with E-state index >= 15 is 0 Å². The first-order valence-corrected chi connectivity index (χ1v) is 6.42. The summed E-state index contributed by atoms with van der Waals surface area (Å²) in [6.45, 7) is 0.0600. The van der Waals surface area contributed by atoms with Crippen LogP contribution in [0.1, 0.15) is 5.56 Å². The lowest BCUT2D eigenvalue weighted by molar-refractivity contribution is -0.123. The van der Waals surface area contributed by atoms with Crippen molar-refractivity contribution in [1.82, 2.24) is 5.32 Å². The molecule has 0 atom stereocenters. The Hall–Kier alpha value is -2.07. The minimum Gasteiger partial charge on any atom is -0.481 e. The van der Waals surface area contributed by atoms with Gasteiger partial charge >= 0.3 is 0 Å². The summed E-state index contributed by atoms with van der Waals surface area (Å²) in [4.78, 5) is 11.6. The monoisotopic (exact) mass is 293 g/mol. The van der Waals surface area contributed by atoms with E-state index in [-0.39, 0.29) is 18.3 Å². The van der Waals surface area contributed by atoms with Crippen LogP contribution in [-0.2, 0) is 11.3 Å². The van der Waals surface area contributed by atoms with Gasteiger partial charge in [0.25, 0.3) is 5.91 Å². The highest BCUT2D eigenvalue weighted by Crippen LogP contribution is 2.15. The summed E-state index contributed by atoms with van der Waals surface area (Å²) in [6, 6.07) is 13.2. The Morgan fingerprint density at radius 3 is 2.60 bits per heavy atom. The topological polar surface area (TPSA) is 38.3 Å². The van der Waals surface area contributed by atoms with E-state index in [9.17, 15) is 9.18 Å². The van der Waals surface area contributed by atoms with E-state index in [4.69, 9.17) is 16.3 Å². The molecule has 0 spiro atoms. The van der Waals surface area contributed by atoms with Gasteiger partial charge in [-0.2, -0.15) is 0 Å². The molecule has 0 aliphatic rings. The molecule has 5 heteroatoms. The number of para-hydroxylation sites is 1. The number of benzene rings is 2. The third-order valence-corrected chi connectivity index (χ3v) is 3.00. The second kappa shape index (κ2) is 6.91. The number of ether oxygens (including phenoxy) is 1. The molecule has 0 saturated carbocycles. The van der Waals surface area contributed by atoms with Crippen LogP contribution >= 0.6 is 11.6 Å². The molecule has 1 N–H and O–H groups in total. The first-order valence-electron chi connectivity index (χ1n) is 6.04. The van der Waals surface area contributed by atoms with Crippen molar-refractivity contribution >= 4 is 17.5 Å². The van der Waals surface area contributed by atoms with Gasteiger partial charge in [0.05, 0.1) is 0 Å². The Morgan fingerprint density at radius 2 is 1.85 bits per heavy atom. The number of amides is 1. The van der Waals surface area contributed by atoms with Gasteiger partial charge in [-0.05, 0) is 23.8 Å². The number of rotatable bonds is 5. The summed E-state index contributed by atoms with van der Waals surface area (Å²) in [5.74, 6) is -0.778. The van der Waals surface area contributed by atoms with Gasteiger partial charge in [-0.3, -0.25) is 4.79 Å². The minimum absolute atomic E-state index is 0.0559. The molecular weight excluding hydrogens is 281 g/mol. The SMILES string of the molecule is O=C(COc1ccccc1F)NCc1ccccc1Cl. The van der Waals surface area contributed by atoms with Gasteiger partial charge in [0.1, 0.15) is 0 Å². The molecule has 20 heavy (non-hydrogen) atoms. The standard InChI is InChI=1S/C15H13ClFNO2/c16-12-6-2-1-5-11(12)9-18-15(19)10-20-14-8-4-3-7-13(14)17/h1-8H,9-10H2,(H,18,19). The van der Waals surface area contributed by atoms with Gasteiger partial charge in [0.15, 0.2) is 18.2 Å². The van der Waals surface area contributed by atoms with Crippen LogP contribution in [0, 0.1) is 5.82 Å². The summed E-state index contributed by atoms with van der Waals surface area (Å²) < 4.78 is 18.4. The fourth-order valence-corrected chi connectivity index (χ4v) is 1.79. The fraction of sp³-hybridized carbons (Fsp3) is 0.133. The van der Waals surface area contributed by atoms with E-state index < -0.39 is 5.82 Å². The van der Waals surface area contributed by atoms with E-state index in [0.29, 0.717) is 11.6 Å². The molecule has 0 bridgehead atoms. The summed E-state index contributed by atoms with van der Waals surface area (Å²) >= 11 is 5.97. The Balaban J connectivity index is 1.82. The Bertz CT molecular complexity index is 552.